The number of hydrogen-bond donors (Lipinski definition) is 2. The average Bonchev–Trinajstić information content (AvgIpc) is 2.25. The van der Waals surface area contributed by atoms with Crippen LogP contribution in [-0.4, -0.2) is 12.1 Å². The van der Waals surface area contributed by atoms with Gasteiger partial charge in [-0.05, 0) is 25.1 Å². The number of aromatic nitrogens is 1. The van der Waals surface area contributed by atoms with Crippen LogP contribution in [-0.2, 0) is 0 Å². The van der Waals surface area contributed by atoms with Gasteiger partial charge in [0.15, 0.2) is 0 Å². The number of nitrogens with two attached hydrogens (primary N) is 1. The van der Waals surface area contributed by atoms with Crippen molar-refractivity contribution in [2.45, 2.75) is 6.92 Å². The van der Waals surface area contributed by atoms with Crippen molar-refractivity contribution in [3.8, 4) is 5.75 Å². The fraction of sp³-hybridized carbons (Fsp3) is 0.182. The van der Waals surface area contributed by atoms with Gasteiger partial charge in [-0.25, -0.2) is 0 Å². The van der Waals surface area contributed by atoms with Crippen molar-refractivity contribution in [1.29, 1.82) is 0 Å². The molecule has 2 rings (SSSR count). The Hall–Kier alpha value is -1.97. The first kappa shape index (κ1) is 9.58. The van der Waals surface area contributed by atoms with E-state index in [4.69, 9.17) is 10.5 Å². The lowest BCUT2D eigenvalue weighted by molar-refractivity contribution is 0.415. The lowest BCUT2D eigenvalue weighted by atomic mass is 10.1. The predicted octanol–water partition coefficient (Wildman–Crippen LogP) is 1.43. The summed E-state index contributed by atoms with van der Waals surface area (Å²) in [5.74, 6) is 0.747. The molecular formula is C11H12N2O2. The maximum atomic E-state index is 11.4. The minimum atomic E-state index is -0.245. The Kier molecular flexibility index (Phi) is 2.11. The second kappa shape index (κ2) is 3.31. The molecule has 0 unspecified atom stereocenters. The van der Waals surface area contributed by atoms with E-state index in [2.05, 4.69) is 4.98 Å². The Bertz CT molecular complexity index is 573. The second-order valence-electron chi connectivity index (χ2n) is 3.40. The summed E-state index contributed by atoms with van der Waals surface area (Å²) in [5, 5.41) is 1.67. The van der Waals surface area contributed by atoms with E-state index in [0.717, 1.165) is 22.2 Å². The first-order chi connectivity index (χ1) is 7.13. The summed E-state index contributed by atoms with van der Waals surface area (Å²) in [6.45, 7) is 1.84. The van der Waals surface area contributed by atoms with Crippen LogP contribution in [0.2, 0.25) is 0 Å². The largest absolute Gasteiger partial charge is 0.497 e. The Balaban J connectivity index is 2.90. The number of nitrogens with one attached hydrogen (secondary N) is 1. The summed E-state index contributed by atoms with van der Waals surface area (Å²) in [4.78, 5) is 14.1. The molecule has 15 heavy (non-hydrogen) atoms. The molecule has 78 valence electrons. The molecule has 0 saturated heterocycles. The molecule has 1 heterocycles. The molecule has 2 aromatic rings. The van der Waals surface area contributed by atoms with E-state index in [1.54, 1.807) is 19.2 Å². The third-order valence-electron chi connectivity index (χ3n) is 2.47. The van der Waals surface area contributed by atoms with Crippen LogP contribution >= 0.6 is 0 Å². The standard InChI is InChI=1S/C11H12N2O2/c1-6-9-5-7(15-2)3-4-8(9)10(12)11(14)13-6/h3-5H,12H2,1-2H3,(H,13,14). The van der Waals surface area contributed by atoms with Gasteiger partial charge in [0.2, 0.25) is 0 Å². The molecule has 0 amide bonds. The van der Waals surface area contributed by atoms with Crippen LogP contribution < -0.4 is 16.0 Å². The molecule has 0 aliphatic carbocycles. The van der Waals surface area contributed by atoms with Crippen molar-refractivity contribution in [2.75, 3.05) is 12.8 Å². The summed E-state index contributed by atoms with van der Waals surface area (Å²) in [7, 11) is 1.60. The summed E-state index contributed by atoms with van der Waals surface area (Å²) in [6, 6.07) is 5.44. The van der Waals surface area contributed by atoms with Crippen molar-refractivity contribution < 1.29 is 4.74 Å². The van der Waals surface area contributed by atoms with Gasteiger partial charge in [0.05, 0.1) is 7.11 Å². The minimum absolute atomic E-state index is 0.245. The number of rotatable bonds is 1. The van der Waals surface area contributed by atoms with Gasteiger partial charge in [0.1, 0.15) is 11.4 Å². The van der Waals surface area contributed by atoms with E-state index < -0.39 is 0 Å². The van der Waals surface area contributed by atoms with Crippen molar-refractivity contribution >= 4 is 16.5 Å². The molecule has 0 aliphatic heterocycles. The Morgan fingerprint density at radius 3 is 2.73 bits per heavy atom. The van der Waals surface area contributed by atoms with Crippen molar-refractivity contribution in [3.63, 3.8) is 0 Å². The Labute approximate surface area is 86.7 Å². The van der Waals surface area contributed by atoms with Gasteiger partial charge in [-0.15, -0.1) is 0 Å². The normalized spacial score (nSPS) is 10.5. The molecule has 1 aromatic carbocycles. The molecule has 1 aromatic heterocycles. The number of pyridine rings is 1. The number of aryl methyl sites for hydroxylation is 1. The zero-order chi connectivity index (χ0) is 11.0. The van der Waals surface area contributed by atoms with E-state index in [1.807, 2.05) is 13.0 Å². The zero-order valence-electron chi connectivity index (χ0n) is 8.63. The van der Waals surface area contributed by atoms with Crippen LogP contribution in [0, 0.1) is 6.92 Å². The molecule has 4 heteroatoms. The third kappa shape index (κ3) is 1.44. The van der Waals surface area contributed by atoms with Gasteiger partial charge < -0.3 is 15.5 Å². The number of ether oxygens (including phenoxy) is 1. The number of hydrogen-bond acceptors (Lipinski definition) is 3. The van der Waals surface area contributed by atoms with Crippen LogP contribution in [0.3, 0.4) is 0 Å². The highest BCUT2D eigenvalue weighted by molar-refractivity contribution is 5.94. The zero-order valence-corrected chi connectivity index (χ0v) is 8.63. The summed E-state index contributed by atoms with van der Waals surface area (Å²) < 4.78 is 5.11. The van der Waals surface area contributed by atoms with Gasteiger partial charge in [-0.2, -0.15) is 0 Å². The molecule has 3 N–H and O–H groups in total. The van der Waals surface area contributed by atoms with Gasteiger partial charge in [-0.1, -0.05) is 0 Å². The Morgan fingerprint density at radius 1 is 1.33 bits per heavy atom. The topological polar surface area (TPSA) is 68.1 Å². The summed E-state index contributed by atoms with van der Waals surface area (Å²) in [5.41, 5.74) is 6.49. The SMILES string of the molecule is COc1ccc2c(N)c(=O)[nH]c(C)c2c1. The van der Waals surface area contributed by atoms with E-state index in [0.29, 0.717) is 0 Å². The van der Waals surface area contributed by atoms with Gasteiger partial charge in [0.25, 0.3) is 5.56 Å². The number of H-pyrrole nitrogens is 1. The molecule has 0 aliphatic rings. The quantitative estimate of drug-likeness (QED) is 0.738. The lowest BCUT2D eigenvalue weighted by Crippen LogP contribution is -2.13. The van der Waals surface area contributed by atoms with Gasteiger partial charge in [0, 0.05) is 16.5 Å². The molecule has 0 bridgehead atoms. The molecule has 0 atom stereocenters. The average molecular weight is 204 g/mol. The summed E-state index contributed by atoms with van der Waals surface area (Å²) >= 11 is 0. The molecule has 0 fully saturated rings. The number of anilines is 1. The first-order valence-electron chi connectivity index (χ1n) is 4.59. The number of nitrogen functional groups attached to an aromatic ring is 1. The highest BCUT2D eigenvalue weighted by Gasteiger charge is 2.06. The molecule has 0 spiro atoms. The lowest BCUT2D eigenvalue weighted by Gasteiger charge is -2.06. The number of methoxy groups -OCH3 is 1. The minimum Gasteiger partial charge on any atom is -0.497 e. The van der Waals surface area contributed by atoms with Gasteiger partial charge >= 0.3 is 0 Å². The number of fused-ring (bicyclic) bond motifs is 1. The van der Waals surface area contributed by atoms with Crippen LogP contribution in [0.15, 0.2) is 23.0 Å². The van der Waals surface area contributed by atoms with E-state index in [1.165, 1.54) is 0 Å². The van der Waals surface area contributed by atoms with Crippen LogP contribution in [0.4, 0.5) is 5.69 Å². The van der Waals surface area contributed by atoms with Crippen molar-refractivity contribution in [1.82, 2.24) is 4.98 Å². The maximum absolute atomic E-state index is 11.4. The Morgan fingerprint density at radius 2 is 2.07 bits per heavy atom. The molecule has 0 radical (unpaired) electrons. The fourth-order valence-corrected chi connectivity index (χ4v) is 1.62. The predicted molar refractivity (Wildman–Crippen MR) is 60.3 cm³/mol. The molecule has 0 saturated carbocycles. The van der Waals surface area contributed by atoms with Crippen LogP contribution in [0.1, 0.15) is 5.69 Å². The monoisotopic (exact) mass is 204 g/mol. The third-order valence-corrected chi connectivity index (χ3v) is 2.47. The van der Waals surface area contributed by atoms with Crippen LogP contribution in [0.25, 0.3) is 10.8 Å². The second-order valence-corrected chi connectivity index (χ2v) is 3.40. The van der Waals surface area contributed by atoms with E-state index in [-0.39, 0.29) is 11.2 Å². The van der Waals surface area contributed by atoms with Crippen LogP contribution in [0.5, 0.6) is 5.75 Å². The number of aromatic amines is 1. The van der Waals surface area contributed by atoms with Crippen molar-refractivity contribution in [2.24, 2.45) is 0 Å². The van der Waals surface area contributed by atoms with E-state index >= 15 is 0 Å². The van der Waals surface area contributed by atoms with Gasteiger partial charge in [-0.3, -0.25) is 4.79 Å². The first-order valence-corrected chi connectivity index (χ1v) is 4.59. The summed E-state index contributed by atoms with van der Waals surface area (Å²) in [6.07, 6.45) is 0. The van der Waals surface area contributed by atoms with E-state index in [9.17, 15) is 4.79 Å². The molecule has 4 nitrogen and oxygen atoms in total. The maximum Gasteiger partial charge on any atom is 0.271 e. The number of benzene rings is 1. The molecular weight excluding hydrogens is 192 g/mol. The van der Waals surface area contributed by atoms with Crippen molar-refractivity contribution in [3.05, 3.63) is 34.2 Å². The highest BCUT2D eigenvalue weighted by Crippen LogP contribution is 2.24. The highest BCUT2D eigenvalue weighted by atomic mass is 16.5. The fourth-order valence-electron chi connectivity index (χ4n) is 1.62. The smallest absolute Gasteiger partial charge is 0.271 e.